The average Bonchev–Trinajstić information content (AvgIpc) is 2.98. The van der Waals surface area contributed by atoms with E-state index < -0.39 is 21.4 Å². The van der Waals surface area contributed by atoms with Gasteiger partial charge in [0.2, 0.25) is 15.9 Å². The summed E-state index contributed by atoms with van der Waals surface area (Å²) in [7, 11) is -3.19. The predicted octanol–water partition coefficient (Wildman–Crippen LogP) is 1.31. The fourth-order valence-corrected chi connectivity index (χ4v) is 4.65. The molecule has 0 aromatic rings. The lowest BCUT2D eigenvalue weighted by atomic mass is 9.90. The highest BCUT2D eigenvalue weighted by atomic mass is 32.2. The summed E-state index contributed by atoms with van der Waals surface area (Å²) >= 11 is 0. The molecule has 2 aliphatic heterocycles. The van der Waals surface area contributed by atoms with Crippen LogP contribution in [0.1, 0.15) is 32.1 Å². The third-order valence-corrected chi connectivity index (χ3v) is 6.82. The molecule has 3 rings (SSSR count). The minimum absolute atomic E-state index is 0.00645. The molecule has 0 bridgehead atoms. The van der Waals surface area contributed by atoms with Gasteiger partial charge in [-0.3, -0.25) is 4.79 Å². The maximum atomic E-state index is 13.3. The molecule has 1 saturated carbocycles. The Morgan fingerprint density at radius 2 is 1.59 bits per heavy atom. The summed E-state index contributed by atoms with van der Waals surface area (Å²) in [6.07, 6.45) is 2.94. The predicted molar refractivity (Wildman–Crippen MR) is 77.0 cm³/mol. The van der Waals surface area contributed by atoms with Crippen molar-refractivity contribution in [2.45, 2.75) is 38.0 Å². The summed E-state index contributed by atoms with van der Waals surface area (Å²) in [6.45, 7) is 1.54. The molecule has 3 aliphatic rings. The summed E-state index contributed by atoms with van der Waals surface area (Å²) in [5.74, 6) is -2.71. The Balaban J connectivity index is 1.52. The molecule has 2 heterocycles. The van der Waals surface area contributed by atoms with Crippen LogP contribution < -0.4 is 0 Å². The number of amides is 1. The Kier molecular flexibility index (Phi) is 3.75. The van der Waals surface area contributed by atoms with Crippen LogP contribution >= 0.6 is 0 Å². The molecule has 22 heavy (non-hydrogen) atoms. The Morgan fingerprint density at radius 3 is 2.00 bits per heavy atom. The molecule has 8 heteroatoms. The van der Waals surface area contributed by atoms with Gasteiger partial charge in [-0.15, -0.1) is 0 Å². The number of halogens is 2. The molecule has 126 valence electrons. The van der Waals surface area contributed by atoms with Gasteiger partial charge in [-0.05, 0) is 25.7 Å². The SMILES string of the molecule is CS(=O)(=O)N1CCC(C(=O)N2CCC3(CC2)CC3(F)F)CC1. The van der Waals surface area contributed by atoms with E-state index in [0.29, 0.717) is 51.9 Å². The normalized spacial score (nSPS) is 28.8. The second kappa shape index (κ2) is 5.12. The zero-order valence-electron chi connectivity index (χ0n) is 12.7. The van der Waals surface area contributed by atoms with E-state index in [1.807, 2.05) is 0 Å². The lowest BCUT2D eigenvalue weighted by Crippen LogP contribution is -2.47. The van der Waals surface area contributed by atoms with E-state index in [4.69, 9.17) is 0 Å². The van der Waals surface area contributed by atoms with E-state index in [9.17, 15) is 22.0 Å². The van der Waals surface area contributed by atoms with Crippen molar-refractivity contribution in [3.05, 3.63) is 0 Å². The molecule has 0 N–H and O–H groups in total. The lowest BCUT2D eigenvalue weighted by molar-refractivity contribution is -0.139. The van der Waals surface area contributed by atoms with Gasteiger partial charge in [0.15, 0.2) is 0 Å². The van der Waals surface area contributed by atoms with E-state index in [0.717, 1.165) is 0 Å². The number of carbonyl (C=O) groups excluding carboxylic acids is 1. The molecule has 0 aromatic heterocycles. The van der Waals surface area contributed by atoms with Crippen molar-refractivity contribution in [2.24, 2.45) is 11.3 Å². The molecule has 2 saturated heterocycles. The molecule has 3 fully saturated rings. The number of alkyl halides is 2. The van der Waals surface area contributed by atoms with Gasteiger partial charge in [0.05, 0.1) is 6.26 Å². The first-order valence-electron chi connectivity index (χ1n) is 7.76. The van der Waals surface area contributed by atoms with Crippen LogP contribution in [0.15, 0.2) is 0 Å². The maximum Gasteiger partial charge on any atom is 0.254 e. The van der Waals surface area contributed by atoms with Gasteiger partial charge >= 0.3 is 0 Å². The molecule has 0 unspecified atom stereocenters. The monoisotopic (exact) mass is 336 g/mol. The number of carbonyl (C=O) groups is 1. The molecule has 1 aliphatic carbocycles. The van der Waals surface area contributed by atoms with E-state index in [-0.39, 0.29) is 18.2 Å². The average molecular weight is 336 g/mol. The van der Waals surface area contributed by atoms with Crippen molar-refractivity contribution < 1.29 is 22.0 Å². The van der Waals surface area contributed by atoms with Crippen molar-refractivity contribution in [2.75, 3.05) is 32.4 Å². The van der Waals surface area contributed by atoms with Gasteiger partial charge in [-0.2, -0.15) is 0 Å². The Morgan fingerprint density at radius 1 is 1.09 bits per heavy atom. The largest absolute Gasteiger partial charge is 0.342 e. The summed E-state index contributed by atoms with van der Waals surface area (Å²) in [5, 5.41) is 0. The quantitative estimate of drug-likeness (QED) is 0.764. The number of nitrogens with zero attached hydrogens (tertiary/aromatic N) is 2. The van der Waals surface area contributed by atoms with Crippen LogP contribution in [-0.2, 0) is 14.8 Å². The fraction of sp³-hybridized carbons (Fsp3) is 0.929. The van der Waals surface area contributed by atoms with Gasteiger partial charge in [0.1, 0.15) is 0 Å². The smallest absolute Gasteiger partial charge is 0.254 e. The zero-order chi connectivity index (χ0) is 16.2. The summed E-state index contributed by atoms with van der Waals surface area (Å²) in [6, 6.07) is 0. The number of likely N-dealkylation sites (tertiary alicyclic amines) is 1. The van der Waals surface area contributed by atoms with E-state index in [1.165, 1.54) is 10.6 Å². The molecular formula is C14H22F2N2O3S. The Hall–Kier alpha value is -0.760. The summed E-state index contributed by atoms with van der Waals surface area (Å²) in [4.78, 5) is 14.2. The van der Waals surface area contributed by atoms with Crippen LogP contribution in [0.4, 0.5) is 8.78 Å². The van der Waals surface area contributed by atoms with E-state index in [1.54, 1.807) is 4.90 Å². The van der Waals surface area contributed by atoms with Crippen LogP contribution in [0, 0.1) is 11.3 Å². The molecule has 1 amide bonds. The topological polar surface area (TPSA) is 57.7 Å². The Bertz CT molecular complexity index is 563. The minimum atomic E-state index is -3.19. The number of sulfonamides is 1. The molecule has 1 spiro atoms. The van der Waals surface area contributed by atoms with Gasteiger partial charge in [-0.25, -0.2) is 21.5 Å². The first-order valence-corrected chi connectivity index (χ1v) is 9.61. The van der Waals surface area contributed by atoms with Gasteiger partial charge < -0.3 is 4.90 Å². The van der Waals surface area contributed by atoms with Gasteiger partial charge in [0.25, 0.3) is 5.92 Å². The van der Waals surface area contributed by atoms with Crippen LogP contribution in [0.25, 0.3) is 0 Å². The maximum absolute atomic E-state index is 13.3. The van der Waals surface area contributed by atoms with Crippen LogP contribution in [0.5, 0.6) is 0 Å². The lowest BCUT2D eigenvalue weighted by Gasteiger charge is -2.37. The molecule has 5 nitrogen and oxygen atoms in total. The van der Waals surface area contributed by atoms with Crippen molar-refractivity contribution in [3.63, 3.8) is 0 Å². The highest BCUT2D eigenvalue weighted by Crippen LogP contribution is 2.65. The standard InChI is InChI=1S/C14H22F2N2O3S/c1-22(20,21)18-6-2-11(3-7-18)12(19)17-8-4-13(5-9-17)10-14(13,15)16/h11H,2-10H2,1H3. The number of hydrogen-bond acceptors (Lipinski definition) is 3. The Labute approximate surface area is 129 Å². The second-order valence-electron chi connectivity index (χ2n) is 6.92. The molecule has 0 atom stereocenters. The third kappa shape index (κ3) is 2.75. The number of rotatable bonds is 2. The van der Waals surface area contributed by atoms with Gasteiger partial charge in [-0.1, -0.05) is 0 Å². The molecule has 0 radical (unpaired) electrons. The highest BCUT2D eigenvalue weighted by molar-refractivity contribution is 7.88. The van der Waals surface area contributed by atoms with Crippen LogP contribution in [0.2, 0.25) is 0 Å². The number of hydrogen-bond donors (Lipinski definition) is 0. The van der Waals surface area contributed by atoms with Crippen molar-refractivity contribution >= 4 is 15.9 Å². The highest BCUT2D eigenvalue weighted by Gasteiger charge is 2.70. The summed E-state index contributed by atoms with van der Waals surface area (Å²) < 4.78 is 51.0. The summed E-state index contributed by atoms with van der Waals surface area (Å²) in [5.41, 5.74) is -0.844. The zero-order valence-corrected chi connectivity index (χ0v) is 13.5. The van der Waals surface area contributed by atoms with E-state index in [2.05, 4.69) is 0 Å². The number of piperidine rings is 2. The van der Waals surface area contributed by atoms with Crippen molar-refractivity contribution in [1.82, 2.24) is 9.21 Å². The second-order valence-corrected chi connectivity index (χ2v) is 8.91. The first-order chi connectivity index (χ1) is 10.1. The minimum Gasteiger partial charge on any atom is -0.342 e. The fourth-order valence-electron chi connectivity index (χ4n) is 3.77. The van der Waals surface area contributed by atoms with Crippen molar-refractivity contribution in [1.29, 1.82) is 0 Å². The van der Waals surface area contributed by atoms with Crippen LogP contribution in [0.3, 0.4) is 0 Å². The van der Waals surface area contributed by atoms with Gasteiger partial charge in [0, 0.05) is 43.9 Å². The third-order valence-electron chi connectivity index (χ3n) is 5.52. The molecular weight excluding hydrogens is 314 g/mol. The van der Waals surface area contributed by atoms with Crippen LogP contribution in [-0.4, -0.2) is 61.9 Å². The van der Waals surface area contributed by atoms with Crippen molar-refractivity contribution in [3.8, 4) is 0 Å². The first kappa shape index (κ1) is 16.1. The van der Waals surface area contributed by atoms with E-state index >= 15 is 0 Å². The molecule has 0 aromatic carbocycles.